The van der Waals surface area contributed by atoms with E-state index in [1.807, 2.05) is 12.1 Å². The minimum atomic E-state index is 0.509. The van der Waals surface area contributed by atoms with Crippen LogP contribution in [0.15, 0.2) is 12.1 Å². The molecule has 0 aliphatic heterocycles. The fourth-order valence-corrected chi connectivity index (χ4v) is 3.24. The van der Waals surface area contributed by atoms with Crippen LogP contribution in [0.1, 0.15) is 25.8 Å². The van der Waals surface area contributed by atoms with Crippen molar-refractivity contribution in [1.29, 1.82) is 0 Å². The Balaban J connectivity index is 2.17. The highest BCUT2D eigenvalue weighted by Crippen LogP contribution is 2.41. The number of imidazole rings is 1. The zero-order valence-electron chi connectivity index (χ0n) is 11.4. The Bertz CT molecular complexity index is 668. The number of nitrogens with one attached hydrogen (secondary N) is 1. The molecule has 1 aliphatic carbocycles. The number of aromatic nitrogens is 2. The Kier molecular flexibility index (Phi) is 3.01. The van der Waals surface area contributed by atoms with Gasteiger partial charge in [-0.15, -0.1) is 0 Å². The topological polar surface area (TPSA) is 39.2 Å². The van der Waals surface area contributed by atoms with Gasteiger partial charge in [0, 0.05) is 18.2 Å². The Labute approximate surface area is 117 Å². The lowest BCUT2D eigenvalue weighted by atomic mass is 9.81. The summed E-state index contributed by atoms with van der Waals surface area (Å²) >= 11 is 5.45. The number of rotatable bonds is 3. The molecule has 5 heteroatoms. The van der Waals surface area contributed by atoms with Gasteiger partial charge in [0.25, 0.3) is 0 Å². The van der Waals surface area contributed by atoms with Crippen LogP contribution in [0, 0.1) is 10.7 Å². The predicted octanol–water partition coefficient (Wildman–Crippen LogP) is 3.69. The summed E-state index contributed by atoms with van der Waals surface area (Å²) < 4.78 is 13.7. The number of benzene rings is 1. The van der Waals surface area contributed by atoms with E-state index < -0.39 is 0 Å². The largest absolute Gasteiger partial charge is 0.493 e. The predicted molar refractivity (Wildman–Crippen MR) is 77.7 cm³/mol. The molecule has 1 aliphatic rings. The minimum Gasteiger partial charge on any atom is -0.493 e. The van der Waals surface area contributed by atoms with Crippen LogP contribution >= 0.6 is 12.2 Å². The highest BCUT2D eigenvalue weighted by molar-refractivity contribution is 7.71. The van der Waals surface area contributed by atoms with Gasteiger partial charge in [-0.05, 0) is 31.0 Å². The van der Waals surface area contributed by atoms with Gasteiger partial charge in [0.15, 0.2) is 16.3 Å². The molecule has 102 valence electrons. The highest BCUT2D eigenvalue weighted by Gasteiger charge is 2.29. The number of hydrogen-bond donors (Lipinski definition) is 1. The number of aromatic amines is 1. The van der Waals surface area contributed by atoms with Crippen molar-refractivity contribution in [2.45, 2.75) is 25.8 Å². The Hall–Kier alpha value is -1.49. The van der Waals surface area contributed by atoms with E-state index in [2.05, 4.69) is 16.5 Å². The van der Waals surface area contributed by atoms with Gasteiger partial charge in [-0.1, -0.05) is 6.92 Å². The quantitative estimate of drug-likeness (QED) is 0.870. The van der Waals surface area contributed by atoms with Crippen LogP contribution in [0.5, 0.6) is 11.5 Å². The van der Waals surface area contributed by atoms with Crippen LogP contribution in [0.2, 0.25) is 0 Å². The van der Waals surface area contributed by atoms with E-state index in [0.717, 1.165) is 33.2 Å². The van der Waals surface area contributed by atoms with E-state index >= 15 is 0 Å². The lowest BCUT2D eigenvalue weighted by Gasteiger charge is -2.34. The first-order chi connectivity index (χ1) is 9.13. The maximum absolute atomic E-state index is 5.45. The molecular weight excluding hydrogens is 260 g/mol. The van der Waals surface area contributed by atoms with E-state index in [0.29, 0.717) is 6.04 Å². The monoisotopic (exact) mass is 278 g/mol. The zero-order valence-corrected chi connectivity index (χ0v) is 12.2. The second-order valence-electron chi connectivity index (χ2n) is 5.25. The van der Waals surface area contributed by atoms with Gasteiger partial charge >= 0.3 is 0 Å². The lowest BCUT2D eigenvalue weighted by molar-refractivity contribution is 0.219. The zero-order chi connectivity index (χ0) is 13.6. The summed E-state index contributed by atoms with van der Waals surface area (Å²) in [6, 6.07) is 4.46. The maximum Gasteiger partial charge on any atom is 0.178 e. The van der Waals surface area contributed by atoms with Crippen molar-refractivity contribution in [2.24, 2.45) is 5.92 Å². The van der Waals surface area contributed by atoms with Crippen molar-refractivity contribution < 1.29 is 9.47 Å². The molecule has 1 aromatic carbocycles. The molecule has 0 radical (unpaired) electrons. The van der Waals surface area contributed by atoms with Crippen LogP contribution in [-0.4, -0.2) is 23.8 Å². The van der Waals surface area contributed by atoms with Crippen LogP contribution in [0.3, 0.4) is 0 Å². The third-order valence-corrected chi connectivity index (χ3v) is 4.23. The van der Waals surface area contributed by atoms with Crippen molar-refractivity contribution in [3.8, 4) is 11.5 Å². The maximum atomic E-state index is 5.45. The molecule has 0 spiro atoms. The van der Waals surface area contributed by atoms with Crippen LogP contribution in [-0.2, 0) is 0 Å². The molecule has 0 saturated heterocycles. The summed E-state index contributed by atoms with van der Waals surface area (Å²) in [6.45, 7) is 2.28. The number of H-pyrrole nitrogens is 1. The number of ether oxygens (including phenoxy) is 2. The summed E-state index contributed by atoms with van der Waals surface area (Å²) in [5, 5.41) is 0. The van der Waals surface area contributed by atoms with Crippen LogP contribution in [0.25, 0.3) is 11.0 Å². The van der Waals surface area contributed by atoms with Gasteiger partial charge in [0.05, 0.1) is 25.3 Å². The first kappa shape index (κ1) is 12.5. The first-order valence-electron chi connectivity index (χ1n) is 6.50. The van der Waals surface area contributed by atoms with Gasteiger partial charge in [-0.3, -0.25) is 0 Å². The SMILES string of the molecule is COc1cc2[nH]c(=S)n(C3CC(C)C3)c2cc1OC. The van der Waals surface area contributed by atoms with Gasteiger partial charge in [0.1, 0.15) is 0 Å². The summed E-state index contributed by atoms with van der Waals surface area (Å²) in [5.74, 6) is 2.25. The number of methoxy groups -OCH3 is 2. The molecule has 19 heavy (non-hydrogen) atoms. The number of nitrogens with zero attached hydrogens (tertiary/aromatic N) is 1. The fraction of sp³-hybridized carbons (Fsp3) is 0.500. The molecule has 1 saturated carbocycles. The second kappa shape index (κ2) is 4.56. The van der Waals surface area contributed by atoms with Gasteiger partial charge in [0.2, 0.25) is 0 Å². The molecule has 1 fully saturated rings. The van der Waals surface area contributed by atoms with Gasteiger partial charge in [-0.25, -0.2) is 0 Å². The molecule has 0 atom stereocenters. The Morgan fingerprint density at radius 1 is 1.21 bits per heavy atom. The van der Waals surface area contributed by atoms with E-state index in [1.165, 1.54) is 12.8 Å². The van der Waals surface area contributed by atoms with E-state index in [-0.39, 0.29) is 0 Å². The molecule has 0 unspecified atom stereocenters. The van der Waals surface area contributed by atoms with E-state index in [1.54, 1.807) is 14.2 Å². The summed E-state index contributed by atoms with van der Waals surface area (Å²) in [6.07, 6.45) is 2.38. The fourth-order valence-electron chi connectivity index (χ4n) is 2.89. The van der Waals surface area contributed by atoms with Gasteiger partial charge < -0.3 is 19.0 Å². The highest BCUT2D eigenvalue weighted by atomic mass is 32.1. The van der Waals surface area contributed by atoms with E-state index in [9.17, 15) is 0 Å². The average Bonchev–Trinajstić information content (AvgIpc) is 2.68. The van der Waals surface area contributed by atoms with Gasteiger partial charge in [-0.2, -0.15) is 0 Å². The number of hydrogen-bond acceptors (Lipinski definition) is 3. The third kappa shape index (κ3) is 1.92. The Morgan fingerprint density at radius 3 is 2.42 bits per heavy atom. The van der Waals surface area contributed by atoms with Crippen LogP contribution in [0.4, 0.5) is 0 Å². The van der Waals surface area contributed by atoms with Crippen molar-refractivity contribution in [2.75, 3.05) is 14.2 Å². The number of fused-ring (bicyclic) bond motifs is 1. The summed E-state index contributed by atoms with van der Waals surface area (Å²) in [4.78, 5) is 3.26. The molecule has 4 nitrogen and oxygen atoms in total. The minimum absolute atomic E-state index is 0.509. The van der Waals surface area contributed by atoms with Crippen molar-refractivity contribution >= 4 is 23.3 Å². The van der Waals surface area contributed by atoms with E-state index in [4.69, 9.17) is 21.7 Å². The average molecular weight is 278 g/mol. The smallest absolute Gasteiger partial charge is 0.178 e. The van der Waals surface area contributed by atoms with Crippen molar-refractivity contribution in [1.82, 2.24) is 9.55 Å². The molecule has 1 aromatic heterocycles. The second-order valence-corrected chi connectivity index (χ2v) is 5.64. The normalized spacial score (nSPS) is 22.3. The molecule has 2 aromatic rings. The molecule has 1 heterocycles. The van der Waals surface area contributed by atoms with Crippen LogP contribution < -0.4 is 9.47 Å². The summed E-state index contributed by atoms with van der Waals surface area (Å²) in [7, 11) is 3.30. The Morgan fingerprint density at radius 2 is 1.84 bits per heavy atom. The first-order valence-corrected chi connectivity index (χ1v) is 6.91. The van der Waals surface area contributed by atoms with Crippen molar-refractivity contribution in [3.05, 3.63) is 16.9 Å². The molecule has 1 N–H and O–H groups in total. The molecule has 0 amide bonds. The molecular formula is C14H18N2O2S. The van der Waals surface area contributed by atoms with Crippen molar-refractivity contribution in [3.63, 3.8) is 0 Å². The molecule has 0 bridgehead atoms. The molecule has 3 rings (SSSR count). The third-order valence-electron chi connectivity index (χ3n) is 3.94. The summed E-state index contributed by atoms with van der Waals surface area (Å²) in [5.41, 5.74) is 2.10. The lowest BCUT2D eigenvalue weighted by Crippen LogP contribution is -2.24. The standard InChI is InChI=1S/C14H18N2O2S/c1-8-4-9(5-8)16-11-7-13(18-3)12(17-2)6-10(11)15-14(16)19/h6-9H,4-5H2,1-3H3,(H,15,19).